The van der Waals surface area contributed by atoms with Crippen molar-refractivity contribution in [3.05, 3.63) is 21.2 Å². The summed E-state index contributed by atoms with van der Waals surface area (Å²) < 4.78 is 3.03. The van der Waals surface area contributed by atoms with Gasteiger partial charge in [0, 0.05) is 22.2 Å². The molecule has 74 valence electrons. The summed E-state index contributed by atoms with van der Waals surface area (Å²) in [4.78, 5) is 8.13. The van der Waals surface area contributed by atoms with Crippen molar-refractivity contribution >= 4 is 56.8 Å². The Balaban J connectivity index is 2.71. The van der Waals surface area contributed by atoms with Gasteiger partial charge in [0.05, 0.1) is 5.39 Å². The molecule has 0 atom stereocenters. The zero-order chi connectivity index (χ0) is 10.1. The topological polar surface area (TPSA) is 30.7 Å². The van der Waals surface area contributed by atoms with Crippen LogP contribution in [0.3, 0.4) is 0 Å². The van der Waals surface area contributed by atoms with Gasteiger partial charge in [-0.25, -0.2) is 9.97 Å². The normalized spacial score (nSPS) is 11.1. The van der Waals surface area contributed by atoms with Crippen molar-refractivity contribution in [1.29, 1.82) is 0 Å². The number of alkyl halides is 1. The number of hydrogen-bond donors (Lipinski definition) is 0. The molecule has 0 aliphatic rings. The van der Waals surface area contributed by atoms with Gasteiger partial charge in [0.1, 0.15) is 17.1 Å². The van der Waals surface area contributed by atoms with E-state index in [0.717, 1.165) is 21.1 Å². The molecule has 0 amide bonds. The molecular formula is C8H6Cl2IN3. The monoisotopic (exact) mass is 341 g/mol. The lowest BCUT2D eigenvalue weighted by Gasteiger charge is -1.99. The maximum absolute atomic E-state index is 5.97. The van der Waals surface area contributed by atoms with Gasteiger partial charge in [-0.2, -0.15) is 0 Å². The number of aryl methyl sites for hydroxylation is 1. The molecule has 3 nitrogen and oxygen atoms in total. The largest absolute Gasteiger partial charge is 0.330 e. The Hall–Kier alpha value is -0.0700. The molecule has 0 aliphatic carbocycles. The lowest BCUT2D eigenvalue weighted by molar-refractivity contribution is 0.791. The van der Waals surface area contributed by atoms with E-state index in [9.17, 15) is 0 Å². The van der Waals surface area contributed by atoms with Crippen molar-refractivity contribution in [1.82, 2.24) is 14.5 Å². The molecule has 2 rings (SSSR count). The molecule has 2 aromatic heterocycles. The third-order valence-electron chi connectivity index (χ3n) is 1.89. The first kappa shape index (κ1) is 10.4. The molecule has 2 heterocycles. The van der Waals surface area contributed by atoms with Crippen LogP contribution < -0.4 is 0 Å². The van der Waals surface area contributed by atoms with Crippen molar-refractivity contribution in [3.63, 3.8) is 0 Å². The first-order valence-corrected chi connectivity index (χ1v) is 5.94. The molecule has 0 aliphatic heterocycles. The summed E-state index contributed by atoms with van der Waals surface area (Å²) in [6.07, 6.45) is 3.44. The number of rotatable bonds is 2. The van der Waals surface area contributed by atoms with Crippen molar-refractivity contribution in [2.24, 2.45) is 0 Å². The van der Waals surface area contributed by atoms with Crippen molar-refractivity contribution in [2.75, 3.05) is 5.88 Å². The minimum Gasteiger partial charge on any atom is -0.330 e. The Bertz CT molecular complexity index is 469. The van der Waals surface area contributed by atoms with E-state index in [1.54, 1.807) is 0 Å². The van der Waals surface area contributed by atoms with Crippen LogP contribution in [-0.4, -0.2) is 20.4 Å². The first-order valence-electron chi connectivity index (χ1n) is 3.95. The van der Waals surface area contributed by atoms with Gasteiger partial charge in [0.25, 0.3) is 0 Å². The molecule has 2 aromatic rings. The van der Waals surface area contributed by atoms with Gasteiger partial charge >= 0.3 is 0 Å². The molecule has 0 radical (unpaired) electrons. The highest BCUT2D eigenvalue weighted by Crippen LogP contribution is 2.26. The van der Waals surface area contributed by atoms with E-state index in [4.69, 9.17) is 23.2 Å². The van der Waals surface area contributed by atoms with Crippen LogP contribution in [-0.2, 0) is 6.54 Å². The first-order chi connectivity index (χ1) is 6.74. The molecule has 0 saturated heterocycles. The van der Waals surface area contributed by atoms with E-state index in [1.807, 2.05) is 10.8 Å². The number of aromatic nitrogens is 3. The molecule has 0 unspecified atom stereocenters. The van der Waals surface area contributed by atoms with Crippen LogP contribution in [0.4, 0.5) is 0 Å². The molecule has 6 heteroatoms. The SMILES string of the molecule is ClCCn1cc(I)c2c(Cl)ncnc21. The molecule has 0 aromatic carbocycles. The minimum absolute atomic E-state index is 0.493. The van der Waals surface area contributed by atoms with Crippen LogP contribution in [0.25, 0.3) is 11.0 Å². The lowest BCUT2D eigenvalue weighted by Crippen LogP contribution is -1.98. The van der Waals surface area contributed by atoms with E-state index in [1.165, 1.54) is 6.33 Å². The number of halogens is 3. The van der Waals surface area contributed by atoms with Gasteiger partial charge in [-0.1, -0.05) is 11.6 Å². The molecule has 0 N–H and O–H groups in total. The fourth-order valence-electron chi connectivity index (χ4n) is 1.30. The molecule has 0 spiro atoms. The summed E-state index contributed by atoms with van der Waals surface area (Å²) >= 11 is 13.9. The van der Waals surface area contributed by atoms with E-state index < -0.39 is 0 Å². The van der Waals surface area contributed by atoms with Crippen molar-refractivity contribution in [2.45, 2.75) is 6.54 Å². The summed E-state index contributed by atoms with van der Waals surface area (Å²) in [5.74, 6) is 0.557. The van der Waals surface area contributed by atoms with Gasteiger partial charge < -0.3 is 4.57 Å². The minimum atomic E-state index is 0.493. The van der Waals surface area contributed by atoms with Crippen molar-refractivity contribution < 1.29 is 0 Å². The van der Waals surface area contributed by atoms with Crippen LogP contribution in [0.2, 0.25) is 5.15 Å². The Labute approximate surface area is 105 Å². The fraction of sp³-hybridized carbons (Fsp3) is 0.250. The Morgan fingerprint density at radius 3 is 2.93 bits per heavy atom. The van der Waals surface area contributed by atoms with Gasteiger partial charge in [-0.15, -0.1) is 11.6 Å². The second-order valence-corrected chi connectivity index (χ2v) is 4.62. The number of hydrogen-bond acceptors (Lipinski definition) is 2. The maximum Gasteiger partial charge on any atom is 0.145 e. The van der Waals surface area contributed by atoms with Gasteiger partial charge in [-0.3, -0.25) is 0 Å². The second kappa shape index (κ2) is 4.20. The molecule has 0 saturated carbocycles. The molecule has 14 heavy (non-hydrogen) atoms. The van der Waals surface area contributed by atoms with Gasteiger partial charge in [0.15, 0.2) is 0 Å². The maximum atomic E-state index is 5.97. The van der Waals surface area contributed by atoms with Gasteiger partial charge in [0.2, 0.25) is 0 Å². The Morgan fingerprint density at radius 1 is 1.43 bits per heavy atom. The van der Waals surface area contributed by atoms with Crippen LogP contribution in [0.1, 0.15) is 0 Å². The van der Waals surface area contributed by atoms with E-state index in [0.29, 0.717) is 11.0 Å². The smallest absolute Gasteiger partial charge is 0.145 e. The number of fused-ring (bicyclic) bond motifs is 1. The summed E-state index contributed by atoms with van der Waals surface area (Å²) in [5, 5.41) is 1.40. The quantitative estimate of drug-likeness (QED) is 0.477. The van der Waals surface area contributed by atoms with Crippen LogP contribution in [0, 0.1) is 3.57 Å². The van der Waals surface area contributed by atoms with Crippen LogP contribution in [0.15, 0.2) is 12.5 Å². The van der Waals surface area contributed by atoms with E-state index in [2.05, 4.69) is 32.6 Å². The standard InChI is InChI=1S/C8H6Cl2IN3/c9-1-2-14-3-5(11)6-7(10)12-4-13-8(6)14/h3-4H,1-2H2. The predicted molar refractivity (Wildman–Crippen MR) is 66.0 cm³/mol. The zero-order valence-electron chi connectivity index (χ0n) is 7.04. The van der Waals surface area contributed by atoms with Gasteiger partial charge in [-0.05, 0) is 22.6 Å². The number of nitrogens with zero attached hydrogens (tertiary/aromatic N) is 3. The fourth-order valence-corrected chi connectivity index (χ4v) is 2.71. The predicted octanol–water partition coefficient (Wildman–Crippen LogP) is 2.93. The average molecular weight is 342 g/mol. The summed E-state index contributed by atoms with van der Waals surface area (Å²) in [6, 6.07) is 0. The lowest BCUT2D eigenvalue weighted by atomic mass is 10.4. The second-order valence-electron chi connectivity index (χ2n) is 2.72. The summed E-state index contributed by atoms with van der Waals surface area (Å²) in [6.45, 7) is 0.731. The molecule has 0 fully saturated rings. The van der Waals surface area contributed by atoms with Crippen molar-refractivity contribution in [3.8, 4) is 0 Å². The van der Waals surface area contributed by atoms with E-state index in [-0.39, 0.29) is 0 Å². The third-order valence-corrected chi connectivity index (χ3v) is 3.16. The van der Waals surface area contributed by atoms with E-state index >= 15 is 0 Å². The highest BCUT2D eigenvalue weighted by atomic mass is 127. The highest BCUT2D eigenvalue weighted by molar-refractivity contribution is 14.1. The average Bonchev–Trinajstić information content (AvgIpc) is 2.46. The summed E-state index contributed by atoms with van der Waals surface area (Å²) in [5.41, 5.74) is 0.843. The summed E-state index contributed by atoms with van der Waals surface area (Å²) in [7, 11) is 0. The zero-order valence-corrected chi connectivity index (χ0v) is 10.7. The van der Waals surface area contributed by atoms with Crippen LogP contribution in [0.5, 0.6) is 0 Å². The molecule has 0 bridgehead atoms. The van der Waals surface area contributed by atoms with Crippen LogP contribution >= 0.6 is 45.8 Å². The highest BCUT2D eigenvalue weighted by Gasteiger charge is 2.10. The molecular weight excluding hydrogens is 336 g/mol. The Kier molecular flexibility index (Phi) is 3.14. The third kappa shape index (κ3) is 1.70. The Morgan fingerprint density at radius 2 is 2.21 bits per heavy atom.